The van der Waals surface area contributed by atoms with Gasteiger partial charge in [0.1, 0.15) is 6.04 Å². The SMILES string of the molecule is CN(C)C(=O)[C@H](Cc1ccccc1)NC(=O)[C@H]1O[C@@H]1C(=O)NCCN.Cl. The van der Waals surface area contributed by atoms with Crippen LogP contribution in [0.3, 0.4) is 0 Å². The van der Waals surface area contributed by atoms with Gasteiger partial charge in [0.25, 0.3) is 11.8 Å². The first kappa shape index (κ1) is 21.9. The summed E-state index contributed by atoms with van der Waals surface area (Å²) in [6, 6.07) is 8.68. The second kappa shape index (κ2) is 10.1. The zero-order valence-electron chi connectivity index (χ0n) is 14.8. The van der Waals surface area contributed by atoms with Crippen LogP contribution < -0.4 is 16.4 Å². The Balaban J connectivity index is 0.00000338. The molecule has 0 saturated carbocycles. The number of carbonyl (C=O) groups is 3. The van der Waals surface area contributed by atoms with Crippen LogP contribution in [0, 0.1) is 0 Å². The number of halogens is 1. The van der Waals surface area contributed by atoms with Crippen LogP contribution in [-0.4, -0.2) is 68.1 Å². The van der Waals surface area contributed by atoms with Crippen LogP contribution >= 0.6 is 12.4 Å². The molecule has 9 heteroatoms. The summed E-state index contributed by atoms with van der Waals surface area (Å²) in [5.41, 5.74) is 6.24. The lowest BCUT2D eigenvalue weighted by molar-refractivity contribution is -0.134. The minimum atomic E-state index is -0.869. The van der Waals surface area contributed by atoms with Gasteiger partial charge in [-0.1, -0.05) is 30.3 Å². The van der Waals surface area contributed by atoms with E-state index in [1.165, 1.54) is 4.90 Å². The second-order valence-electron chi connectivity index (χ2n) is 6.04. The molecule has 1 aromatic carbocycles. The maximum atomic E-state index is 12.4. The summed E-state index contributed by atoms with van der Waals surface area (Å²) in [4.78, 5) is 37.8. The van der Waals surface area contributed by atoms with Crippen molar-refractivity contribution < 1.29 is 19.1 Å². The average Bonchev–Trinajstić information content (AvgIpc) is 3.40. The van der Waals surface area contributed by atoms with Gasteiger partial charge < -0.3 is 26.0 Å². The van der Waals surface area contributed by atoms with Gasteiger partial charge in [-0.2, -0.15) is 0 Å². The highest BCUT2D eigenvalue weighted by Gasteiger charge is 2.50. The fourth-order valence-electron chi connectivity index (χ4n) is 2.42. The zero-order chi connectivity index (χ0) is 18.4. The molecule has 0 bridgehead atoms. The van der Waals surface area contributed by atoms with E-state index in [9.17, 15) is 14.4 Å². The second-order valence-corrected chi connectivity index (χ2v) is 6.04. The largest absolute Gasteiger partial charge is 0.352 e. The molecule has 1 saturated heterocycles. The first-order chi connectivity index (χ1) is 11.9. The molecule has 0 aromatic heterocycles. The summed E-state index contributed by atoms with van der Waals surface area (Å²) in [5.74, 6) is -1.06. The number of hydrogen-bond donors (Lipinski definition) is 3. The van der Waals surface area contributed by atoms with E-state index in [0.29, 0.717) is 19.5 Å². The summed E-state index contributed by atoms with van der Waals surface area (Å²) in [7, 11) is 3.26. The van der Waals surface area contributed by atoms with Gasteiger partial charge in [-0.05, 0) is 5.56 Å². The van der Waals surface area contributed by atoms with Crippen molar-refractivity contribution >= 4 is 30.1 Å². The molecule has 1 heterocycles. The predicted molar refractivity (Wildman–Crippen MR) is 98.7 cm³/mol. The van der Waals surface area contributed by atoms with Gasteiger partial charge in [0.2, 0.25) is 5.91 Å². The molecule has 2 rings (SSSR count). The normalized spacial score (nSPS) is 18.9. The first-order valence-electron chi connectivity index (χ1n) is 8.12. The van der Waals surface area contributed by atoms with Crippen molar-refractivity contribution in [3.05, 3.63) is 35.9 Å². The molecule has 4 N–H and O–H groups in total. The van der Waals surface area contributed by atoms with Crippen molar-refractivity contribution in [1.82, 2.24) is 15.5 Å². The highest BCUT2D eigenvalue weighted by Crippen LogP contribution is 2.22. The Kier molecular flexibility index (Phi) is 8.50. The summed E-state index contributed by atoms with van der Waals surface area (Å²) in [6.45, 7) is 0.634. The number of rotatable bonds is 8. The molecular weight excluding hydrogens is 360 g/mol. The predicted octanol–water partition coefficient (Wildman–Crippen LogP) is -0.934. The fraction of sp³-hybridized carbons (Fsp3) is 0.471. The molecule has 144 valence electrons. The van der Waals surface area contributed by atoms with Crippen LogP contribution in [-0.2, 0) is 25.5 Å². The minimum Gasteiger partial charge on any atom is -0.352 e. The monoisotopic (exact) mass is 384 g/mol. The van der Waals surface area contributed by atoms with Gasteiger partial charge in [0.15, 0.2) is 12.2 Å². The lowest BCUT2D eigenvalue weighted by Gasteiger charge is -2.21. The fourth-order valence-corrected chi connectivity index (χ4v) is 2.42. The van der Waals surface area contributed by atoms with Crippen LogP contribution in [0.25, 0.3) is 0 Å². The van der Waals surface area contributed by atoms with E-state index in [1.54, 1.807) is 14.1 Å². The van der Waals surface area contributed by atoms with Gasteiger partial charge >= 0.3 is 0 Å². The number of nitrogens with one attached hydrogen (secondary N) is 2. The van der Waals surface area contributed by atoms with Gasteiger partial charge in [0, 0.05) is 33.6 Å². The molecule has 3 amide bonds. The van der Waals surface area contributed by atoms with E-state index in [-0.39, 0.29) is 24.2 Å². The van der Waals surface area contributed by atoms with Gasteiger partial charge in [-0.15, -0.1) is 12.4 Å². The lowest BCUT2D eigenvalue weighted by Crippen LogP contribution is -2.49. The van der Waals surface area contributed by atoms with E-state index in [0.717, 1.165) is 5.56 Å². The number of nitrogens with two attached hydrogens (primary N) is 1. The number of carbonyl (C=O) groups excluding carboxylic acids is 3. The molecule has 1 fully saturated rings. The highest BCUT2D eigenvalue weighted by molar-refractivity contribution is 5.97. The third-order valence-electron chi connectivity index (χ3n) is 3.79. The smallest absolute Gasteiger partial charge is 0.253 e. The summed E-state index contributed by atoms with van der Waals surface area (Å²) in [6.07, 6.45) is -1.33. The van der Waals surface area contributed by atoms with Crippen LogP contribution in [0.2, 0.25) is 0 Å². The van der Waals surface area contributed by atoms with Crippen molar-refractivity contribution in [2.45, 2.75) is 24.7 Å². The van der Waals surface area contributed by atoms with E-state index < -0.39 is 24.2 Å². The molecule has 0 aliphatic carbocycles. The van der Waals surface area contributed by atoms with Crippen molar-refractivity contribution in [1.29, 1.82) is 0 Å². The number of amides is 3. The Labute approximate surface area is 158 Å². The first-order valence-corrected chi connectivity index (χ1v) is 8.12. The van der Waals surface area contributed by atoms with Crippen LogP contribution in [0.5, 0.6) is 0 Å². The van der Waals surface area contributed by atoms with Crippen molar-refractivity contribution in [3.63, 3.8) is 0 Å². The summed E-state index contributed by atoms with van der Waals surface area (Å²) in [5, 5.41) is 5.26. The van der Waals surface area contributed by atoms with Crippen molar-refractivity contribution in [2.24, 2.45) is 5.73 Å². The average molecular weight is 385 g/mol. The molecule has 0 spiro atoms. The minimum absolute atomic E-state index is 0. The van der Waals surface area contributed by atoms with Gasteiger partial charge in [-0.25, -0.2) is 0 Å². The van der Waals surface area contributed by atoms with E-state index in [4.69, 9.17) is 10.5 Å². The number of benzene rings is 1. The molecule has 0 unspecified atom stereocenters. The van der Waals surface area contributed by atoms with Gasteiger partial charge in [-0.3, -0.25) is 14.4 Å². The van der Waals surface area contributed by atoms with Crippen LogP contribution in [0.15, 0.2) is 30.3 Å². The molecule has 26 heavy (non-hydrogen) atoms. The number of hydrogen-bond acceptors (Lipinski definition) is 5. The molecule has 0 radical (unpaired) electrons. The standard InChI is InChI=1S/C17H24N4O4.ClH/c1-21(2)17(24)12(10-11-6-4-3-5-7-11)20-16(23)14-13(25-14)15(22)19-9-8-18;/h3-7,12-14H,8-10,18H2,1-2H3,(H,19,22)(H,20,23);1H/t12-,13-,14-;/m0./s1. The van der Waals surface area contributed by atoms with Crippen LogP contribution in [0.4, 0.5) is 0 Å². The maximum Gasteiger partial charge on any atom is 0.253 e. The maximum absolute atomic E-state index is 12.4. The molecule has 1 aromatic rings. The third kappa shape index (κ3) is 5.98. The van der Waals surface area contributed by atoms with E-state index in [2.05, 4.69) is 10.6 Å². The zero-order valence-corrected chi connectivity index (χ0v) is 15.6. The highest BCUT2D eigenvalue weighted by atomic mass is 35.5. The molecule has 1 aliphatic rings. The third-order valence-corrected chi connectivity index (χ3v) is 3.79. The number of likely N-dealkylation sites (N-methyl/N-ethyl adjacent to an activating group) is 1. The van der Waals surface area contributed by atoms with Crippen molar-refractivity contribution in [3.8, 4) is 0 Å². The molecular formula is C17H25ClN4O4. The number of epoxide rings is 1. The van der Waals surface area contributed by atoms with Crippen LogP contribution in [0.1, 0.15) is 5.56 Å². The van der Waals surface area contributed by atoms with Crippen molar-refractivity contribution in [2.75, 3.05) is 27.2 Å². The van der Waals surface area contributed by atoms with E-state index >= 15 is 0 Å². The number of nitrogens with zero attached hydrogens (tertiary/aromatic N) is 1. The Morgan fingerprint density at radius 3 is 2.35 bits per heavy atom. The summed E-state index contributed by atoms with van der Waals surface area (Å²) < 4.78 is 5.14. The Morgan fingerprint density at radius 1 is 1.15 bits per heavy atom. The van der Waals surface area contributed by atoms with Gasteiger partial charge in [0.05, 0.1) is 0 Å². The molecule has 1 aliphatic heterocycles. The lowest BCUT2D eigenvalue weighted by atomic mass is 10.0. The Hall–Kier alpha value is -2.16. The quantitative estimate of drug-likeness (QED) is 0.500. The summed E-state index contributed by atoms with van der Waals surface area (Å²) >= 11 is 0. The molecule has 3 atom stereocenters. The topological polar surface area (TPSA) is 117 Å². The molecule has 8 nitrogen and oxygen atoms in total. The Bertz CT molecular complexity index is 626. The number of ether oxygens (including phenoxy) is 1. The van der Waals surface area contributed by atoms with E-state index in [1.807, 2.05) is 30.3 Å². The Morgan fingerprint density at radius 2 is 1.77 bits per heavy atom.